The van der Waals surface area contributed by atoms with E-state index in [9.17, 15) is 0 Å². The van der Waals surface area contributed by atoms with Crippen LogP contribution in [0.1, 0.15) is 36.0 Å². The van der Waals surface area contributed by atoms with Crippen LogP contribution in [0, 0.1) is 13.8 Å². The molecule has 0 bridgehead atoms. The predicted octanol–water partition coefficient (Wildman–Crippen LogP) is 3.24. The first-order valence-electron chi connectivity index (χ1n) is 8.30. The highest BCUT2D eigenvalue weighted by Gasteiger charge is 2.22. The number of hydrogen-bond acceptors (Lipinski definition) is 3. The standard InChI is InChI=1S/C18H29ClN2O/c1-14-11-16(19)12-15(2)18(14)13-21-8-5-17(6-9-21)20(3)7-4-10-22/h11-12,17,22H,4-10,13H2,1-3H3. The molecule has 0 radical (unpaired) electrons. The Hall–Kier alpha value is -0.610. The van der Waals surface area contributed by atoms with Crippen molar-refractivity contribution in [2.45, 2.75) is 45.7 Å². The van der Waals surface area contributed by atoms with Crippen molar-refractivity contribution >= 4 is 11.6 Å². The van der Waals surface area contributed by atoms with E-state index in [1.165, 1.54) is 29.5 Å². The molecule has 1 fully saturated rings. The molecular formula is C18H29ClN2O. The minimum atomic E-state index is 0.290. The number of aliphatic hydroxyl groups is 1. The molecule has 0 unspecified atom stereocenters. The number of benzene rings is 1. The van der Waals surface area contributed by atoms with Crippen LogP contribution in [0.15, 0.2) is 12.1 Å². The van der Waals surface area contributed by atoms with E-state index in [4.69, 9.17) is 16.7 Å². The molecule has 3 nitrogen and oxygen atoms in total. The van der Waals surface area contributed by atoms with E-state index in [1.807, 2.05) is 0 Å². The van der Waals surface area contributed by atoms with Gasteiger partial charge in [0.2, 0.25) is 0 Å². The minimum Gasteiger partial charge on any atom is -0.396 e. The molecule has 0 aliphatic carbocycles. The van der Waals surface area contributed by atoms with Crippen LogP contribution in [0.5, 0.6) is 0 Å². The van der Waals surface area contributed by atoms with E-state index in [1.54, 1.807) is 0 Å². The zero-order chi connectivity index (χ0) is 16.1. The van der Waals surface area contributed by atoms with Crippen molar-refractivity contribution in [2.75, 3.05) is 33.3 Å². The summed E-state index contributed by atoms with van der Waals surface area (Å²) in [6.07, 6.45) is 3.31. The van der Waals surface area contributed by atoms with Gasteiger partial charge in [-0.05, 0) is 82.1 Å². The zero-order valence-electron chi connectivity index (χ0n) is 14.1. The predicted molar refractivity (Wildman–Crippen MR) is 93.6 cm³/mol. The monoisotopic (exact) mass is 324 g/mol. The molecule has 1 heterocycles. The molecule has 124 valence electrons. The maximum atomic E-state index is 8.95. The van der Waals surface area contributed by atoms with Crippen LogP contribution < -0.4 is 0 Å². The van der Waals surface area contributed by atoms with Gasteiger partial charge in [0, 0.05) is 30.8 Å². The van der Waals surface area contributed by atoms with Crippen molar-refractivity contribution in [3.8, 4) is 0 Å². The maximum absolute atomic E-state index is 8.95. The lowest BCUT2D eigenvalue weighted by Gasteiger charge is -2.37. The highest BCUT2D eigenvalue weighted by atomic mass is 35.5. The second-order valence-electron chi connectivity index (χ2n) is 6.58. The van der Waals surface area contributed by atoms with Crippen LogP contribution in [0.2, 0.25) is 5.02 Å². The first-order chi connectivity index (χ1) is 10.5. The van der Waals surface area contributed by atoms with Crippen molar-refractivity contribution in [1.82, 2.24) is 9.80 Å². The smallest absolute Gasteiger partial charge is 0.0443 e. The fourth-order valence-corrected chi connectivity index (χ4v) is 3.76. The van der Waals surface area contributed by atoms with Crippen LogP contribution in [-0.4, -0.2) is 54.2 Å². The van der Waals surface area contributed by atoms with Gasteiger partial charge in [0.15, 0.2) is 0 Å². The summed E-state index contributed by atoms with van der Waals surface area (Å²) < 4.78 is 0. The Labute approximate surface area is 139 Å². The number of rotatable bonds is 6. The average Bonchev–Trinajstić information content (AvgIpc) is 2.49. The summed E-state index contributed by atoms with van der Waals surface area (Å²) in [5.41, 5.74) is 4.02. The molecule has 1 aliphatic rings. The molecule has 2 rings (SSSR count). The van der Waals surface area contributed by atoms with Crippen molar-refractivity contribution < 1.29 is 5.11 Å². The summed E-state index contributed by atoms with van der Waals surface area (Å²) in [4.78, 5) is 4.96. The van der Waals surface area contributed by atoms with Gasteiger partial charge in [0.05, 0.1) is 0 Å². The first kappa shape index (κ1) is 17.7. The van der Waals surface area contributed by atoms with Crippen molar-refractivity contribution in [1.29, 1.82) is 0 Å². The maximum Gasteiger partial charge on any atom is 0.0443 e. The Morgan fingerprint density at radius 3 is 2.36 bits per heavy atom. The van der Waals surface area contributed by atoms with Gasteiger partial charge in [0.1, 0.15) is 0 Å². The second-order valence-corrected chi connectivity index (χ2v) is 7.02. The lowest BCUT2D eigenvalue weighted by molar-refractivity contribution is 0.117. The average molecular weight is 325 g/mol. The van der Waals surface area contributed by atoms with Crippen molar-refractivity contribution in [3.63, 3.8) is 0 Å². The fourth-order valence-electron chi connectivity index (χ4n) is 3.43. The Balaban J connectivity index is 1.88. The highest BCUT2D eigenvalue weighted by Crippen LogP contribution is 2.24. The Morgan fingerprint density at radius 2 is 1.82 bits per heavy atom. The minimum absolute atomic E-state index is 0.290. The van der Waals surface area contributed by atoms with E-state index in [-0.39, 0.29) is 6.61 Å². The van der Waals surface area contributed by atoms with Gasteiger partial charge in [-0.25, -0.2) is 0 Å². The van der Waals surface area contributed by atoms with Gasteiger partial charge >= 0.3 is 0 Å². The van der Waals surface area contributed by atoms with Gasteiger partial charge in [-0.3, -0.25) is 4.90 Å². The van der Waals surface area contributed by atoms with Crippen molar-refractivity contribution in [3.05, 3.63) is 33.8 Å². The van der Waals surface area contributed by atoms with Crippen molar-refractivity contribution in [2.24, 2.45) is 0 Å². The Bertz CT molecular complexity index is 461. The van der Waals surface area contributed by atoms with E-state index < -0.39 is 0 Å². The number of nitrogens with zero attached hydrogens (tertiary/aromatic N) is 2. The van der Waals surface area contributed by atoms with E-state index in [0.717, 1.165) is 37.6 Å². The molecule has 1 saturated heterocycles. The largest absolute Gasteiger partial charge is 0.396 e. The summed E-state index contributed by atoms with van der Waals surface area (Å²) in [6.45, 7) is 8.93. The van der Waals surface area contributed by atoms with Crippen LogP contribution in [-0.2, 0) is 6.54 Å². The quantitative estimate of drug-likeness (QED) is 0.870. The molecule has 0 saturated carbocycles. The van der Waals surface area contributed by atoms with Gasteiger partial charge in [-0.1, -0.05) is 11.6 Å². The zero-order valence-corrected chi connectivity index (χ0v) is 14.9. The Kier molecular flexibility index (Phi) is 6.69. The molecule has 0 amide bonds. The first-order valence-corrected chi connectivity index (χ1v) is 8.68. The number of aryl methyl sites for hydroxylation is 2. The lowest BCUT2D eigenvalue weighted by Crippen LogP contribution is -2.43. The number of likely N-dealkylation sites (tertiary alicyclic amines) is 1. The number of halogens is 1. The molecule has 1 aromatic rings. The SMILES string of the molecule is Cc1cc(Cl)cc(C)c1CN1CCC(N(C)CCCO)CC1. The third-order valence-electron chi connectivity index (χ3n) is 4.89. The van der Waals surface area contributed by atoms with Gasteiger partial charge < -0.3 is 10.0 Å². The summed E-state index contributed by atoms with van der Waals surface area (Å²) >= 11 is 6.12. The Morgan fingerprint density at radius 1 is 1.23 bits per heavy atom. The molecule has 1 N–H and O–H groups in total. The molecule has 22 heavy (non-hydrogen) atoms. The summed E-state index contributed by atoms with van der Waals surface area (Å²) in [7, 11) is 2.18. The molecule has 0 atom stereocenters. The normalized spacial score (nSPS) is 17.4. The summed E-state index contributed by atoms with van der Waals surface area (Å²) in [5, 5.41) is 9.78. The van der Waals surface area contributed by atoms with Crippen LogP contribution in [0.25, 0.3) is 0 Å². The second kappa shape index (κ2) is 8.30. The van der Waals surface area contributed by atoms with Crippen LogP contribution in [0.4, 0.5) is 0 Å². The number of hydrogen-bond donors (Lipinski definition) is 1. The lowest BCUT2D eigenvalue weighted by atomic mass is 9.99. The third-order valence-corrected chi connectivity index (χ3v) is 5.11. The van der Waals surface area contributed by atoms with E-state index >= 15 is 0 Å². The van der Waals surface area contributed by atoms with Crippen LogP contribution >= 0.6 is 11.6 Å². The van der Waals surface area contributed by atoms with Gasteiger partial charge in [-0.15, -0.1) is 0 Å². The van der Waals surface area contributed by atoms with Crippen LogP contribution in [0.3, 0.4) is 0 Å². The molecule has 1 aliphatic heterocycles. The third kappa shape index (κ3) is 4.69. The van der Waals surface area contributed by atoms with E-state index in [2.05, 4.69) is 42.8 Å². The van der Waals surface area contributed by atoms with Gasteiger partial charge in [-0.2, -0.15) is 0 Å². The molecule has 1 aromatic carbocycles. The molecule has 0 aromatic heterocycles. The number of aliphatic hydroxyl groups excluding tert-OH is 1. The fraction of sp³-hybridized carbons (Fsp3) is 0.667. The molecular weight excluding hydrogens is 296 g/mol. The highest BCUT2D eigenvalue weighted by molar-refractivity contribution is 6.30. The summed E-state index contributed by atoms with van der Waals surface area (Å²) in [6, 6.07) is 4.80. The summed E-state index contributed by atoms with van der Waals surface area (Å²) in [5.74, 6) is 0. The van der Waals surface area contributed by atoms with Gasteiger partial charge in [0.25, 0.3) is 0 Å². The number of piperidine rings is 1. The topological polar surface area (TPSA) is 26.7 Å². The molecule has 0 spiro atoms. The van der Waals surface area contributed by atoms with E-state index in [0.29, 0.717) is 6.04 Å². The molecule has 4 heteroatoms.